The number of carbonyl (C=O) groups excluding carboxylic acids is 1. The van der Waals surface area contributed by atoms with Gasteiger partial charge in [0, 0.05) is 37.7 Å². The molecule has 0 saturated carbocycles. The standard InChI is InChI=1S/C17H22N4OS/c1-13-12-15(20(2)19-13)18-17(22)16(14-6-4-3-5-7-14)21-8-10-23-11-9-21/h3-7,12,16H,8-11H2,1-2H3,(H,18,22)/t16-/m1/s1. The first-order valence-corrected chi connectivity index (χ1v) is 8.99. The minimum absolute atomic E-state index is 0.00565. The third-order valence-corrected chi connectivity index (χ3v) is 4.97. The number of rotatable bonds is 4. The molecule has 6 heteroatoms. The Morgan fingerprint density at radius 3 is 2.57 bits per heavy atom. The van der Waals surface area contributed by atoms with Crippen LogP contribution in [0.2, 0.25) is 0 Å². The van der Waals surface area contributed by atoms with E-state index in [1.807, 2.05) is 62.1 Å². The molecule has 1 aromatic heterocycles. The van der Waals surface area contributed by atoms with Crippen molar-refractivity contribution in [3.63, 3.8) is 0 Å². The summed E-state index contributed by atoms with van der Waals surface area (Å²) >= 11 is 1.95. The number of hydrogen-bond acceptors (Lipinski definition) is 4. The van der Waals surface area contributed by atoms with Gasteiger partial charge in [-0.05, 0) is 12.5 Å². The summed E-state index contributed by atoms with van der Waals surface area (Å²) in [7, 11) is 1.84. The number of benzene rings is 1. The number of aromatic nitrogens is 2. The second kappa shape index (κ2) is 7.19. The summed E-state index contributed by atoms with van der Waals surface area (Å²) in [4.78, 5) is 15.2. The first kappa shape index (κ1) is 16.1. The first-order valence-electron chi connectivity index (χ1n) is 7.83. The highest BCUT2D eigenvalue weighted by Gasteiger charge is 2.29. The van der Waals surface area contributed by atoms with Gasteiger partial charge in [-0.1, -0.05) is 30.3 Å². The molecule has 2 aromatic rings. The van der Waals surface area contributed by atoms with E-state index >= 15 is 0 Å². The highest BCUT2D eigenvalue weighted by Crippen LogP contribution is 2.26. The molecule has 1 amide bonds. The molecule has 0 bridgehead atoms. The summed E-state index contributed by atoms with van der Waals surface area (Å²) in [5.41, 5.74) is 1.93. The van der Waals surface area contributed by atoms with E-state index < -0.39 is 0 Å². The lowest BCUT2D eigenvalue weighted by molar-refractivity contribution is -0.121. The van der Waals surface area contributed by atoms with Gasteiger partial charge in [0.05, 0.1) is 5.69 Å². The van der Waals surface area contributed by atoms with Crippen LogP contribution in [0.5, 0.6) is 0 Å². The Hall–Kier alpha value is -1.79. The predicted octanol–water partition coefficient (Wildman–Crippen LogP) is 2.46. The van der Waals surface area contributed by atoms with Crippen LogP contribution in [0, 0.1) is 6.92 Å². The second-order valence-corrected chi connectivity index (χ2v) is 6.97. The molecule has 0 unspecified atom stereocenters. The third-order valence-electron chi connectivity index (χ3n) is 4.03. The highest BCUT2D eigenvalue weighted by molar-refractivity contribution is 7.99. The van der Waals surface area contributed by atoms with E-state index in [0.29, 0.717) is 0 Å². The molecule has 0 spiro atoms. The zero-order valence-electron chi connectivity index (χ0n) is 13.5. The van der Waals surface area contributed by atoms with Crippen LogP contribution in [0.15, 0.2) is 36.4 Å². The fraction of sp³-hybridized carbons (Fsp3) is 0.412. The predicted molar refractivity (Wildman–Crippen MR) is 94.7 cm³/mol. The number of nitrogens with one attached hydrogen (secondary N) is 1. The van der Waals surface area contributed by atoms with Crippen molar-refractivity contribution in [2.24, 2.45) is 7.05 Å². The van der Waals surface area contributed by atoms with Gasteiger partial charge in [-0.2, -0.15) is 16.9 Å². The monoisotopic (exact) mass is 330 g/mol. The summed E-state index contributed by atoms with van der Waals surface area (Å²) < 4.78 is 1.71. The van der Waals surface area contributed by atoms with E-state index in [9.17, 15) is 4.79 Å². The van der Waals surface area contributed by atoms with E-state index in [1.165, 1.54) is 0 Å². The molecule has 3 rings (SSSR count). The van der Waals surface area contributed by atoms with Gasteiger partial charge in [0.1, 0.15) is 11.9 Å². The van der Waals surface area contributed by atoms with E-state index in [0.717, 1.165) is 41.7 Å². The molecular formula is C17H22N4OS. The maximum absolute atomic E-state index is 13.0. The minimum atomic E-state index is -0.257. The van der Waals surface area contributed by atoms with E-state index in [1.54, 1.807) is 4.68 Å². The van der Waals surface area contributed by atoms with Gasteiger partial charge in [0.2, 0.25) is 5.91 Å². The fourth-order valence-electron chi connectivity index (χ4n) is 2.92. The van der Waals surface area contributed by atoms with Crippen molar-refractivity contribution in [1.82, 2.24) is 14.7 Å². The summed E-state index contributed by atoms with van der Waals surface area (Å²) in [6.45, 7) is 3.79. The summed E-state index contributed by atoms with van der Waals surface area (Å²) in [6, 6.07) is 11.7. The Labute approximate surface area is 141 Å². The smallest absolute Gasteiger partial charge is 0.247 e. The minimum Gasteiger partial charge on any atom is -0.309 e. The number of amides is 1. The Balaban J connectivity index is 1.85. The van der Waals surface area contributed by atoms with Gasteiger partial charge >= 0.3 is 0 Å². The molecule has 1 aromatic carbocycles. The lowest BCUT2D eigenvalue weighted by atomic mass is 10.0. The Kier molecular flexibility index (Phi) is 5.03. The van der Waals surface area contributed by atoms with Crippen molar-refractivity contribution in [3.8, 4) is 0 Å². The fourth-order valence-corrected chi connectivity index (χ4v) is 3.85. The van der Waals surface area contributed by atoms with Crippen LogP contribution in [-0.2, 0) is 11.8 Å². The number of hydrogen-bond donors (Lipinski definition) is 1. The van der Waals surface area contributed by atoms with Crippen molar-refractivity contribution < 1.29 is 4.79 Å². The van der Waals surface area contributed by atoms with Crippen LogP contribution in [-0.4, -0.2) is 45.2 Å². The largest absolute Gasteiger partial charge is 0.309 e. The number of thioether (sulfide) groups is 1. The molecule has 1 N–H and O–H groups in total. The molecule has 5 nitrogen and oxygen atoms in total. The maximum atomic E-state index is 13.0. The summed E-state index contributed by atoms with van der Waals surface area (Å²) in [5, 5.41) is 7.33. The molecule has 1 fully saturated rings. The van der Waals surface area contributed by atoms with Crippen molar-refractivity contribution in [3.05, 3.63) is 47.7 Å². The van der Waals surface area contributed by atoms with Crippen LogP contribution in [0.1, 0.15) is 17.3 Å². The molecule has 0 aliphatic carbocycles. The Morgan fingerprint density at radius 1 is 1.26 bits per heavy atom. The van der Waals surface area contributed by atoms with Crippen molar-refractivity contribution >= 4 is 23.5 Å². The van der Waals surface area contributed by atoms with Crippen molar-refractivity contribution in [1.29, 1.82) is 0 Å². The van der Waals surface area contributed by atoms with Gasteiger partial charge in [-0.3, -0.25) is 14.4 Å². The van der Waals surface area contributed by atoms with Gasteiger partial charge in [-0.25, -0.2) is 0 Å². The molecule has 1 aliphatic heterocycles. The molecule has 1 aliphatic rings. The summed E-state index contributed by atoms with van der Waals surface area (Å²) in [6.07, 6.45) is 0. The SMILES string of the molecule is Cc1cc(NC(=O)[C@@H](c2ccccc2)N2CCSCC2)n(C)n1. The first-order chi connectivity index (χ1) is 11.1. The van der Waals surface area contributed by atoms with Crippen LogP contribution in [0.4, 0.5) is 5.82 Å². The van der Waals surface area contributed by atoms with E-state index in [4.69, 9.17) is 0 Å². The third kappa shape index (κ3) is 3.76. The molecule has 1 saturated heterocycles. The van der Waals surface area contributed by atoms with Gasteiger partial charge in [0.25, 0.3) is 0 Å². The Morgan fingerprint density at radius 2 is 1.96 bits per heavy atom. The van der Waals surface area contributed by atoms with Gasteiger partial charge in [0.15, 0.2) is 0 Å². The number of carbonyl (C=O) groups is 1. The molecular weight excluding hydrogens is 308 g/mol. The van der Waals surface area contributed by atoms with E-state index in [2.05, 4.69) is 15.3 Å². The number of nitrogens with zero attached hydrogens (tertiary/aromatic N) is 3. The molecule has 0 radical (unpaired) electrons. The number of aryl methyl sites for hydroxylation is 2. The average molecular weight is 330 g/mol. The lowest BCUT2D eigenvalue weighted by Crippen LogP contribution is -2.42. The molecule has 23 heavy (non-hydrogen) atoms. The van der Waals surface area contributed by atoms with Crippen LogP contribution in [0.3, 0.4) is 0 Å². The van der Waals surface area contributed by atoms with Crippen LogP contribution in [0.25, 0.3) is 0 Å². The Bertz CT molecular complexity index is 664. The van der Waals surface area contributed by atoms with Crippen molar-refractivity contribution in [2.45, 2.75) is 13.0 Å². The molecule has 122 valence electrons. The normalized spacial score (nSPS) is 17.0. The quantitative estimate of drug-likeness (QED) is 0.935. The highest BCUT2D eigenvalue weighted by atomic mass is 32.2. The second-order valence-electron chi connectivity index (χ2n) is 5.75. The zero-order valence-corrected chi connectivity index (χ0v) is 14.3. The average Bonchev–Trinajstić information content (AvgIpc) is 2.87. The van der Waals surface area contributed by atoms with Gasteiger partial charge in [-0.15, -0.1) is 0 Å². The molecule has 2 heterocycles. The van der Waals surface area contributed by atoms with E-state index in [-0.39, 0.29) is 11.9 Å². The maximum Gasteiger partial charge on any atom is 0.247 e. The summed E-state index contributed by atoms with van der Waals surface area (Å²) in [5.74, 6) is 2.88. The number of anilines is 1. The van der Waals surface area contributed by atoms with Crippen LogP contribution >= 0.6 is 11.8 Å². The van der Waals surface area contributed by atoms with Crippen LogP contribution < -0.4 is 5.32 Å². The zero-order chi connectivity index (χ0) is 16.2. The van der Waals surface area contributed by atoms with Gasteiger partial charge < -0.3 is 5.32 Å². The molecule has 1 atom stereocenters. The topological polar surface area (TPSA) is 50.2 Å². The lowest BCUT2D eigenvalue weighted by Gasteiger charge is -2.33. The van der Waals surface area contributed by atoms with Crippen molar-refractivity contribution in [2.75, 3.05) is 29.9 Å².